The highest BCUT2D eigenvalue weighted by atomic mass is 32.1. The van der Waals surface area contributed by atoms with Crippen LogP contribution in [0, 0.1) is 19.3 Å². The summed E-state index contributed by atoms with van der Waals surface area (Å²) in [6, 6.07) is 9.99. The van der Waals surface area contributed by atoms with Crippen molar-refractivity contribution in [1.82, 2.24) is 9.55 Å². The highest BCUT2D eigenvalue weighted by Crippen LogP contribution is 2.35. The average Bonchev–Trinajstić information content (AvgIpc) is 2.88. The predicted molar refractivity (Wildman–Crippen MR) is 96.9 cm³/mol. The van der Waals surface area contributed by atoms with Gasteiger partial charge in [0.25, 0.3) is 5.56 Å². The molecule has 0 aliphatic rings. The van der Waals surface area contributed by atoms with Crippen molar-refractivity contribution in [1.29, 1.82) is 0 Å². The molecular formula is C19H18N2OS. The molecule has 23 heavy (non-hydrogen) atoms. The molecule has 4 heteroatoms. The third-order valence-electron chi connectivity index (χ3n) is 3.85. The van der Waals surface area contributed by atoms with E-state index >= 15 is 0 Å². The number of fused-ring (bicyclic) bond motifs is 1. The van der Waals surface area contributed by atoms with Crippen molar-refractivity contribution in [2.45, 2.75) is 33.2 Å². The second-order valence-electron chi connectivity index (χ2n) is 5.45. The van der Waals surface area contributed by atoms with Gasteiger partial charge in [-0.15, -0.1) is 17.8 Å². The number of nitrogens with zero attached hydrogens (tertiary/aromatic N) is 2. The van der Waals surface area contributed by atoms with Gasteiger partial charge in [-0.2, -0.15) is 0 Å². The Morgan fingerprint density at radius 2 is 2.04 bits per heavy atom. The van der Waals surface area contributed by atoms with Crippen LogP contribution in [0.4, 0.5) is 0 Å². The Morgan fingerprint density at radius 1 is 1.30 bits per heavy atom. The van der Waals surface area contributed by atoms with Gasteiger partial charge in [-0.05, 0) is 18.9 Å². The molecule has 0 saturated carbocycles. The van der Waals surface area contributed by atoms with Gasteiger partial charge < -0.3 is 0 Å². The summed E-state index contributed by atoms with van der Waals surface area (Å²) in [5.41, 5.74) is 2.00. The van der Waals surface area contributed by atoms with Gasteiger partial charge in [0, 0.05) is 16.9 Å². The predicted octanol–water partition coefficient (Wildman–Crippen LogP) is 4.02. The Kier molecular flexibility index (Phi) is 4.31. The number of rotatable bonds is 4. The normalized spacial score (nSPS) is 10.8. The second kappa shape index (κ2) is 6.39. The summed E-state index contributed by atoms with van der Waals surface area (Å²) < 4.78 is 1.64. The Morgan fingerprint density at radius 3 is 2.70 bits per heavy atom. The largest absolute Gasteiger partial charge is 0.284 e. The number of hydrogen-bond donors (Lipinski definition) is 0. The number of hydrogen-bond acceptors (Lipinski definition) is 3. The van der Waals surface area contributed by atoms with E-state index in [0.29, 0.717) is 5.39 Å². The molecule has 116 valence electrons. The maximum atomic E-state index is 13.1. The zero-order valence-corrected chi connectivity index (χ0v) is 14.1. The third-order valence-corrected chi connectivity index (χ3v) is 4.85. The van der Waals surface area contributed by atoms with Crippen molar-refractivity contribution < 1.29 is 0 Å². The molecule has 0 aliphatic heterocycles. The van der Waals surface area contributed by atoms with Crippen LogP contribution in [0.2, 0.25) is 0 Å². The quantitative estimate of drug-likeness (QED) is 0.680. The van der Waals surface area contributed by atoms with Gasteiger partial charge in [-0.1, -0.05) is 43.2 Å². The molecule has 0 bridgehead atoms. The summed E-state index contributed by atoms with van der Waals surface area (Å²) >= 11 is 1.58. The van der Waals surface area contributed by atoms with Gasteiger partial charge in [-0.25, -0.2) is 4.98 Å². The van der Waals surface area contributed by atoms with Crippen LogP contribution in [0.1, 0.15) is 24.0 Å². The first-order chi connectivity index (χ1) is 11.2. The average molecular weight is 322 g/mol. The van der Waals surface area contributed by atoms with Gasteiger partial charge in [0.1, 0.15) is 10.7 Å². The van der Waals surface area contributed by atoms with Crippen LogP contribution in [0.15, 0.2) is 35.1 Å². The second-order valence-corrected chi connectivity index (χ2v) is 6.66. The van der Waals surface area contributed by atoms with Crippen molar-refractivity contribution >= 4 is 21.6 Å². The SMILES string of the molecule is C#CCn1c(CCC)nc2sc(C)c(-c3ccccc3)c2c1=O. The van der Waals surface area contributed by atoms with Crippen molar-refractivity contribution in [3.8, 4) is 23.5 Å². The molecular weight excluding hydrogens is 304 g/mol. The maximum absolute atomic E-state index is 13.1. The zero-order valence-electron chi connectivity index (χ0n) is 13.3. The summed E-state index contributed by atoms with van der Waals surface area (Å²) in [6.07, 6.45) is 7.14. The summed E-state index contributed by atoms with van der Waals surface area (Å²) in [5.74, 6) is 3.36. The lowest BCUT2D eigenvalue weighted by atomic mass is 10.0. The Labute approximate surface area is 139 Å². The van der Waals surface area contributed by atoms with E-state index in [0.717, 1.165) is 39.5 Å². The summed E-state index contributed by atoms with van der Waals surface area (Å²) in [7, 11) is 0. The molecule has 1 aromatic carbocycles. The fourth-order valence-corrected chi connectivity index (χ4v) is 3.91. The van der Waals surface area contributed by atoms with Crippen molar-refractivity contribution in [3.63, 3.8) is 0 Å². The fraction of sp³-hybridized carbons (Fsp3) is 0.263. The first kappa shape index (κ1) is 15.5. The molecule has 0 fully saturated rings. The molecule has 0 radical (unpaired) electrons. The Balaban J connectivity index is 2.37. The van der Waals surface area contributed by atoms with E-state index in [4.69, 9.17) is 11.4 Å². The molecule has 0 spiro atoms. The molecule has 0 N–H and O–H groups in total. The van der Waals surface area contributed by atoms with E-state index < -0.39 is 0 Å². The molecule has 0 atom stereocenters. The van der Waals surface area contributed by atoms with Gasteiger partial charge in [0.2, 0.25) is 0 Å². The standard InChI is InChI=1S/C19H18N2OS/c1-4-9-15-20-18-17(19(22)21(15)12-5-2)16(13(3)23-18)14-10-7-6-8-11-14/h2,6-8,10-11H,4,9,12H2,1,3H3. The Bertz CT molecular complexity index is 945. The smallest absolute Gasteiger partial charge is 0.263 e. The zero-order chi connectivity index (χ0) is 16.4. The van der Waals surface area contributed by atoms with Crippen molar-refractivity contribution in [3.05, 3.63) is 51.4 Å². The lowest BCUT2D eigenvalue weighted by Crippen LogP contribution is -2.24. The summed E-state index contributed by atoms with van der Waals surface area (Å²) in [5, 5.41) is 0.689. The van der Waals surface area contributed by atoms with E-state index in [1.54, 1.807) is 15.9 Å². The van der Waals surface area contributed by atoms with E-state index in [9.17, 15) is 4.79 Å². The highest BCUT2D eigenvalue weighted by Gasteiger charge is 2.18. The molecule has 0 aliphatic carbocycles. The first-order valence-electron chi connectivity index (χ1n) is 7.69. The lowest BCUT2D eigenvalue weighted by molar-refractivity contribution is 0.686. The van der Waals surface area contributed by atoms with E-state index in [1.165, 1.54) is 0 Å². The first-order valence-corrected chi connectivity index (χ1v) is 8.50. The van der Waals surface area contributed by atoms with Crippen LogP contribution in [-0.2, 0) is 13.0 Å². The van der Waals surface area contributed by atoms with Crippen molar-refractivity contribution in [2.24, 2.45) is 0 Å². The Hall–Kier alpha value is -2.38. The van der Waals surface area contributed by atoms with Crippen LogP contribution < -0.4 is 5.56 Å². The monoisotopic (exact) mass is 322 g/mol. The minimum Gasteiger partial charge on any atom is -0.284 e. The molecule has 0 unspecified atom stereocenters. The van der Waals surface area contributed by atoms with Crippen LogP contribution in [-0.4, -0.2) is 9.55 Å². The molecule has 3 aromatic rings. The van der Waals surface area contributed by atoms with E-state index in [2.05, 4.69) is 12.8 Å². The van der Waals surface area contributed by atoms with Gasteiger partial charge in [0.15, 0.2) is 0 Å². The molecule has 2 heterocycles. The van der Waals surface area contributed by atoms with E-state index in [1.807, 2.05) is 37.3 Å². The molecule has 3 nitrogen and oxygen atoms in total. The molecule has 0 saturated heterocycles. The molecule has 0 amide bonds. The van der Waals surface area contributed by atoms with Gasteiger partial charge >= 0.3 is 0 Å². The number of benzene rings is 1. The highest BCUT2D eigenvalue weighted by molar-refractivity contribution is 7.19. The minimum absolute atomic E-state index is 0.0281. The van der Waals surface area contributed by atoms with Crippen LogP contribution in [0.25, 0.3) is 21.3 Å². The van der Waals surface area contributed by atoms with Crippen LogP contribution >= 0.6 is 11.3 Å². The fourth-order valence-electron chi connectivity index (χ4n) is 2.86. The summed E-state index contributed by atoms with van der Waals surface area (Å²) in [6.45, 7) is 4.38. The topological polar surface area (TPSA) is 34.9 Å². The molecule has 2 aromatic heterocycles. The minimum atomic E-state index is -0.0281. The van der Waals surface area contributed by atoms with Crippen molar-refractivity contribution in [2.75, 3.05) is 0 Å². The number of thiophene rings is 1. The van der Waals surface area contributed by atoms with Gasteiger partial charge in [-0.3, -0.25) is 9.36 Å². The van der Waals surface area contributed by atoms with E-state index in [-0.39, 0.29) is 12.1 Å². The molecule has 3 rings (SSSR count). The number of terminal acetylenes is 1. The van der Waals surface area contributed by atoms with Gasteiger partial charge in [0.05, 0.1) is 11.9 Å². The summed E-state index contributed by atoms with van der Waals surface area (Å²) in [4.78, 5) is 19.7. The maximum Gasteiger partial charge on any atom is 0.263 e. The van der Waals surface area contributed by atoms with Crippen LogP contribution in [0.3, 0.4) is 0 Å². The number of aryl methyl sites for hydroxylation is 2. The third kappa shape index (κ3) is 2.69. The lowest BCUT2D eigenvalue weighted by Gasteiger charge is -2.09. The number of aromatic nitrogens is 2. The van der Waals surface area contributed by atoms with Crippen LogP contribution in [0.5, 0.6) is 0 Å².